The summed E-state index contributed by atoms with van der Waals surface area (Å²) < 4.78 is 0. The van der Waals surface area contributed by atoms with Gasteiger partial charge in [-0.3, -0.25) is 0 Å². The van der Waals surface area contributed by atoms with Crippen LogP contribution in [0.25, 0.3) is 10.8 Å². The Bertz CT molecular complexity index is 742. The van der Waals surface area contributed by atoms with E-state index in [1.807, 2.05) is 12.1 Å². The van der Waals surface area contributed by atoms with Crippen molar-refractivity contribution in [3.8, 4) is 0 Å². The average Bonchev–Trinajstić information content (AvgIpc) is 2.45. The lowest BCUT2D eigenvalue weighted by molar-refractivity contribution is 1.15. The van der Waals surface area contributed by atoms with Gasteiger partial charge in [-0.05, 0) is 30.0 Å². The van der Waals surface area contributed by atoms with Crippen molar-refractivity contribution in [1.82, 2.24) is 0 Å². The molecule has 100 valence electrons. The van der Waals surface area contributed by atoms with Crippen molar-refractivity contribution < 1.29 is 0 Å². The van der Waals surface area contributed by atoms with Gasteiger partial charge in [0.1, 0.15) is 0 Å². The second-order valence-electron chi connectivity index (χ2n) is 5.09. The van der Waals surface area contributed by atoms with E-state index in [-0.39, 0.29) is 0 Å². The van der Waals surface area contributed by atoms with Crippen LogP contribution in [0.3, 0.4) is 0 Å². The molecule has 3 aromatic rings. The lowest BCUT2D eigenvalue weighted by Crippen LogP contribution is -2.01. The highest BCUT2D eigenvalue weighted by Gasteiger charge is 2.03. The summed E-state index contributed by atoms with van der Waals surface area (Å²) in [5.74, 6) is 0. The van der Waals surface area contributed by atoms with Crippen LogP contribution in [0, 0.1) is 6.92 Å². The Morgan fingerprint density at radius 2 is 1.70 bits per heavy atom. The molecular formula is C18H18N2. The van der Waals surface area contributed by atoms with Crippen molar-refractivity contribution in [3.05, 3.63) is 71.8 Å². The molecule has 3 aromatic carbocycles. The van der Waals surface area contributed by atoms with Crippen LogP contribution in [0.4, 0.5) is 11.4 Å². The van der Waals surface area contributed by atoms with Gasteiger partial charge in [0, 0.05) is 23.3 Å². The summed E-state index contributed by atoms with van der Waals surface area (Å²) in [4.78, 5) is 0. The minimum absolute atomic E-state index is 0.801. The van der Waals surface area contributed by atoms with Crippen LogP contribution in [-0.2, 0) is 6.54 Å². The summed E-state index contributed by atoms with van der Waals surface area (Å²) >= 11 is 0. The molecule has 0 aliphatic carbocycles. The van der Waals surface area contributed by atoms with Crippen molar-refractivity contribution in [2.24, 2.45) is 0 Å². The van der Waals surface area contributed by atoms with Gasteiger partial charge in [0.15, 0.2) is 0 Å². The number of nitrogens with one attached hydrogen (secondary N) is 1. The molecule has 3 N–H and O–H groups in total. The lowest BCUT2D eigenvalue weighted by Gasteiger charge is -2.12. The third-order valence-corrected chi connectivity index (χ3v) is 3.50. The molecule has 0 unspecified atom stereocenters. The van der Waals surface area contributed by atoms with Gasteiger partial charge in [-0.15, -0.1) is 0 Å². The number of rotatable bonds is 3. The van der Waals surface area contributed by atoms with Crippen LogP contribution in [0.2, 0.25) is 0 Å². The van der Waals surface area contributed by atoms with Crippen LogP contribution >= 0.6 is 0 Å². The van der Waals surface area contributed by atoms with E-state index in [4.69, 9.17) is 5.73 Å². The maximum absolute atomic E-state index is 6.11. The van der Waals surface area contributed by atoms with E-state index in [9.17, 15) is 0 Å². The molecule has 0 spiro atoms. The van der Waals surface area contributed by atoms with Gasteiger partial charge in [-0.1, -0.05) is 54.1 Å². The van der Waals surface area contributed by atoms with E-state index >= 15 is 0 Å². The van der Waals surface area contributed by atoms with E-state index in [1.165, 1.54) is 16.5 Å². The number of aryl methyl sites for hydroxylation is 1. The van der Waals surface area contributed by atoms with Crippen molar-refractivity contribution in [2.75, 3.05) is 11.1 Å². The first-order chi connectivity index (χ1) is 9.74. The summed E-state index contributed by atoms with van der Waals surface area (Å²) in [6.07, 6.45) is 0. The summed E-state index contributed by atoms with van der Waals surface area (Å²) in [5.41, 5.74) is 10.6. The van der Waals surface area contributed by atoms with E-state index in [0.717, 1.165) is 23.3 Å². The molecule has 0 aromatic heterocycles. The Morgan fingerprint density at radius 3 is 2.50 bits per heavy atom. The number of anilines is 2. The van der Waals surface area contributed by atoms with Crippen LogP contribution in [0.1, 0.15) is 11.1 Å². The van der Waals surface area contributed by atoms with Crippen molar-refractivity contribution in [3.63, 3.8) is 0 Å². The molecule has 0 aliphatic heterocycles. The first kappa shape index (κ1) is 12.5. The molecule has 0 saturated carbocycles. The van der Waals surface area contributed by atoms with Crippen LogP contribution in [-0.4, -0.2) is 0 Å². The van der Waals surface area contributed by atoms with Gasteiger partial charge in [0.2, 0.25) is 0 Å². The summed E-state index contributed by atoms with van der Waals surface area (Å²) in [6.45, 7) is 2.91. The minimum Gasteiger partial charge on any atom is -0.398 e. The van der Waals surface area contributed by atoms with Crippen LogP contribution < -0.4 is 11.1 Å². The number of nitrogens with two attached hydrogens (primary N) is 1. The molecule has 0 saturated heterocycles. The first-order valence-corrected chi connectivity index (χ1v) is 6.81. The monoisotopic (exact) mass is 262 g/mol. The Labute approximate surface area is 119 Å². The maximum Gasteiger partial charge on any atom is 0.0443 e. The normalized spacial score (nSPS) is 10.7. The Hall–Kier alpha value is -2.48. The summed E-state index contributed by atoms with van der Waals surface area (Å²) in [5, 5.41) is 5.76. The average molecular weight is 262 g/mol. The lowest BCUT2D eigenvalue weighted by atomic mass is 10.1. The molecule has 0 aliphatic rings. The van der Waals surface area contributed by atoms with Crippen molar-refractivity contribution in [2.45, 2.75) is 13.5 Å². The highest BCUT2D eigenvalue weighted by Crippen LogP contribution is 2.29. The van der Waals surface area contributed by atoms with Gasteiger partial charge in [0.05, 0.1) is 0 Å². The number of fused-ring (bicyclic) bond motifs is 1. The Kier molecular flexibility index (Phi) is 3.30. The van der Waals surface area contributed by atoms with Crippen molar-refractivity contribution in [1.29, 1.82) is 0 Å². The molecule has 0 amide bonds. The van der Waals surface area contributed by atoms with Gasteiger partial charge in [-0.2, -0.15) is 0 Å². The molecule has 0 fully saturated rings. The van der Waals surface area contributed by atoms with Gasteiger partial charge in [0.25, 0.3) is 0 Å². The van der Waals surface area contributed by atoms with E-state index in [0.29, 0.717) is 0 Å². The fraction of sp³-hybridized carbons (Fsp3) is 0.111. The third-order valence-electron chi connectivity index (χ3n) is 3.50. The van der Waals surface area contributed by atoms with Crippen LogP contribution in [0.15, 0.2) is 60.7 Å². The Morgan fingerprint density at radius 1 is 0.950 bits per heavy atom. The number of nitrogen functional groups attached to an aromatic ring is 1. The fourth-order valence-corrected chi connectivity index (χ4v) is 2.54. The summed E-state index contributed by atoms with van der Waals surface area (Å²) in [7, 11) is 0. The van der Waals surface area contributed by atoms with Gasteiger partial charge < -0.3 is 11.1 Å². The molecule has 2 heteroatoms. The Balaban J connectivity index is 1.91. The van der Waals surface area contributed by atoms with Crippen LogP contribution in [0.5, 0.6) is 0 Å². The van der Waals surface area contributed by atoms with E-state index < -0.39 is 0 Å². The molecular weight excluding hydrogens is 244 g/mol. The number of benzene rings is 3. The molecule has 20 heavy (non-hydrogen) atoms. The molecule has 0 heterocycles. The zero-order valence-corrected chi connectivity index (χ0v) is 11.6. The first-order valence-electron chi connectivity index (χ1n) is 6.81. The molecule has 0 bridgehead atoms. The minimum atomic E-state index is 0.801. The SMILES string of the molecule is Cc1cccc(CNc2cccc3cccc(N)c23)c1. The number of hydrogen-bond donors (Lipinski definition) is 2. The highest BCUT2D eigenvalue weighted by atomic mass is 14.9. The zero-order chi connectivity index (χ0) is 13.9. The van der Waals surface area contributed by atoms with Gasteiger partial charge in [-0.25, -0.2) is 0 Å². The van der Waals surface area contributed by atoms with E-state index in [2.05, 4.69) is 60.8 Å². The molecule has 0 atom stereocenters. The number of hydrogen-bond acceptors (Lipinski definition) is 2. The predicted molar refractivity (Wildman–Crippen MR) is 86.9 cm³/mol. The zero-order valence-electron chi connectivity index (χ0n) is 11.6. The quantitative estimate of drug-likeness (QED) is 0.689. The molecule has 0 radical (unpaired) electrons. The highest BCUT2D eigenvalue weighted by molar-refractivity contribution is 6.02. The van der Waals surface area contributed by atoms with E-state index in [1.54, 1.807) is 0 Å². The summed E-state index contributed by atoms with van der Waals surface area (Å²) in [6, 6.07) is 20.8. The largest absolute Gasteiger partial charge is 0.398 e. The third kappa shape index (κ3) is 2.45. The standard InChI is InChI=1S/C18H18N2/c1-13-5-2-6-14(11-13)12-20-17-10-4-8-15-7-3-9-16(19)18(15)17/h2-11,20H,12,19H2,1H3. The molecule has 2 nitrogen and oxygen atoms in total. The smallest absolute Gasteiger partial charge is 0.0443 e. The van der Waals surface area contributed by atoms with Crippen molar-refractivity contribution >= 4 is 22.1 Å². The second-order valence-corrected chi connectivity index (χ2v) is 5.09. The van der Waals surface area contributed by atoms with Gasteiger partial charge >= 0.3 is 0 Å². The molecule has 3 rings (SSSR count). The maximum atomic E-state index is 6.11. The topological polar surface area (TPSA) is 38.0 Å². The predicted octanol–water partition coefficient (Wildman–Crippen LogP) is 4.34. The fourth-order valence-electron chi connectivity index (χ4n) is 2.54. The second kappa shape index (κ2) is 5.25.